The number of nitrogens with one attached hydrogen (secondary N) is 2. The molecule has 134 valence electrons. The maximum atomic E-state index is 12.4. The summed E-state index contributed by atoms with van der Waals surface area (Å²) >= 11 is 0. The number of aromatic amines is 1. The Balaban J connectivity index is 2.43. The number of hydrogen-bond donors (Lipinski definition) is 3. The van der Waals surface area contributed by atoms with Crippen LogP contribution in [0.25, 0.3) is 10.9 Å². The molecule has 0 saturated carbocycles. The van der Waals surface area contributed by atoms with Gasteiger partial charge in [0, 0.05) is 17.3 Å². The second-order valence-corrected chi connectivity index (χ2v) is 8.01. The highest BCUT2D eigenvalue weighted by Crippen LogP contribution is 2.31. The molecule has 1 aromatic heterocycles. The van der Waals surface area contributed by atoms with Gasteiger partial charge in [-0.15, -0.1) is 0 Å². The van der Waals surface area contributed by atoms with Gasteiger partial charge in [0.15, 0.2) is 9.84 Å². The van der Waals surface area contributed by atoms with Crippen molar-refractivity contribution in [1.82, 2.24) is 4.98 Å². The Morgan fingerprint density at radius 3 is 2.38 bits per heavy atom. The first-order chi connectivity index (χ1) is 12.2. The highest BCUT2D eigenvalue weighted by Gasteiger charge is 2.20. The maximum Gasteiger partial charge on any atom is 0.263 e. The number of carbonyl (C=O) groups is 1. The van der Waals surface area contributed by atoms with Gasteiger partial charge < -0.3 is 16.0 Å². The number of primary amides is 1. The van der Waals surface area contributed by atoms with E-state index in [0.29, 0.717) is 22.2 Å². The van der Waals surface area contributed by atoms with Gasteiger partial charge in [0.1, 0.15) is 5.56 Å². The van der Waals surface area contributed by atoms with Gasteiger partial charge in [0.25, 0.3) is 11.5 Å². The minimum atomic E-state index is -3.49. The van der Waals surface area contributed by atoms with Gasteiger partial charge in [0.05, 0.1) is 16.1 Å². The van der Waals surface area contributed by atoms with E-state index in [4.69, 9.17) is 5.73 Å². The number of H-pyrrole nitrogens is 1. The first kappa shape index (κ1) is 17.7. The molecule has 1 heterocycles. The van der Waals surface area contributed by atoms with Crippen LogP contribution in [0.2, 0.25) is 0 Å². The van der Waals surface area contributed by atoms with Crippen LogP contribution in [0.5, 0.6) is 0 Å². The van der Waals surface area contributed by atoms with Crippen LogP contribution in [0.15, 0.2) is 52.2 Å². The lowest BCUT2D eigenvalue weighted by molar-refractivity contribution is 0.1000. The molecule has 0 spiro atoms. The van der Waals surface area contributed by atoms with Crippen LogP contribution in [-0.2, 0) is 9.84 Å². The molecule has 0 fully saturated rings. The Kier molecular flexibility index (Phi) is 4.29. The average molecular weight is 371 g/mol. The third kappa shape index (κ3) is 3.18. The Morgan fingerprint density at radius 2 is 1.81 bits per heavy atom. The van der Waals surface area contributed by atoms with E-state index >= 15 is 0 Å². The highest BCUT2D eigenvalue weighted by molar-refractivity contribution is 7.90. The van der Waals surface area contributed by atoms with Crippen molar-refractivity contribution >= 4 is 38.0 Å². The zero-order chi connectivity index (χ0) is 19.1. The van der Waals surface area contributed by atoms with Gasteiger partial charge in [-0.05, 0) is 36.8 Å². The first-order valence-corrected chi connectivity index (χ1v) is 9.60. The van der Waals surface area contributed by atoms with E-state index in [9.17, 15) is 18.0 Å². The fourth-order valence-electron chi connectivity index (χ4n) is 2.79. The number of pyridine rings is 1. The standard InChI is InChI=1S/C18H17N3O4S/c1-10-8-12(26(2,24)25)9-13-15(10)21-18(23)14(17(19)22)16(13)20-11-6-4-3-5-7-11/h3-9H,1-2H3,(H2,19,22)(H2,20,21,23). The number of hydrogen-bond acceptors (Lipinski definition) is 5. The van der Waals surface area contributed by atoms with Gasteiger partial charge in [-0.25, -0.2) is 8.42 Å². The third-order valence-electron chi connectivity index (χ3n) is 4.01. The summed E-state index contributed by atoms with van der Waals surface area (Å²) in [6, 6.07) is 11.8. The molecule has 1 amide bonds. The molecule has 0 bridgehead atoms. The summed E-state index contributed by atoms with van der Waals surface area (Å²) in [5.41, 5.74) is 6.31. The Labute approximate surface area is 149 Å². The van der Waals surface area contributed by atoms with E-state index < -0.39 is 21.3 Å². The number of aryl methyl sites for hydroxylation is 1. The summed E-state index contributed by atoms with van der Waals surface area (Å²) < 4.78 is 24.0. The molecular formula is C18H17N3O4S. The summed E-state index contributed by atoms with van der Waals surface area (Å²) in [4.78, 5) is 27.0. The Morgan fingerprint density at radius 1 is 1.15 bits per heavy atom. The molecule has 26 heavy (non-hydrogen) atoms. The summed E-state index contributed by atoms with van der Waals surface area (Å²) in [6.07, 6.45) is 1.10. The summed E-state index contributed by atoms with van der Waals surface area (Å²) in [6.45, 7) is 1.68. The smallest absolute Gasteiger partial charge is 0.263 e. The van der Waals surface area contributed by atoms with Crippen LogP contribution in [0.3, 0.4) is 0 Å². The zero-order valence-electron chi connectivity index (χ0n) is 14.2. The van der Waals surface area contributed by atoms with Crippen molar-refractivity contribution in [2.24, 2.45) is 5.73 Å². The van der Waals surface area contributed by atoms with Gasteiger partial charge in [-0.3, -0.25) is 9.59 Å². The molecule has 0 saturated heterocycles. The van der Waals surface area contributed by atoms with E-state index in [1.807, 2.05) is 6.07 Å². The zero-order valence-corrected chi connectivity index (χ0v) is 15.0. The van der Waals surface area contributed by atoms with Gasteiger partial charge in [-0.1, -0.05) is 18.2 Å². The number of sulfone groups is 1. The molecule has 0 atom stereocenters. The number of nitrogens with two attached hydrogens (primary N) is 1. The minimum Gasteiger partial charge on any atom is -0.365 e. The lowest BCUT2D eigenvalue weighted by Crippen LogP contribution is -2.25. The van der Waals surface area contributed by atoms with E-state index in [-0.39, 0.29) is 16.1 Å². The van der Waals surface area contributed by atoms with Crippen LogP contribution in [0.4, 0.5) is 11.4 Å². The monoisotopic (exact) mass is 371 g/mol. The molecule has 0 aliphatic rings. The van der Waals surface area contributed by atoms with Crippen molar-refractivity contribution in [1.29, 1.82) is 0 Å². The predicted molar refractivity (Wildman–Crippen MR) is 101 cm³/mol. The number of fused-ring (bicyclic) bond motifs is 1. The van der Waals surface area contributed by atoms with E-state index in [0.717, 1.165) is 6.26 Å². The van der Waals surface area contributed by atoms with Gasteiger partial charge in [0.2, 0.25) is 0 Å². The molecule has 2 aromatic carbocycles. The minimum absolute atomic E-state index is 0.0843. The lowest BCUT2D eigenvalue weighted by Gasteiger charge is -2.15. The molecule has 8 heteroatoms. The molecule has 0 aliphatic carbocycles. The fourth-order valence-corrected chi connectivity index (χ4v) is 3.51. The molecule has 7 nitrogen and oxygen atoms in total. The fraction of sp³-hybridized carbons (Fsp3) is 0.111. The van der Waals surface area contributed by atoms with Crippen LogP contribution in [-0.4, -0.2) is 25.6 Å². The number of para-hydroxylation sites is 1. The molecule has 0 radical (unpaired) electrons. The average Bonchev–Trinajstić information content (AvgIpc) is 2.55. The number of benzene rings is 2. The van der Waals surface area contributed by atoms with Crippen molar-refractivity contribution in [3.8, 4) is 0 Å². The molecule has 0 aliphatic heterocycles. The topological polar surface area (TPSA) is 122 Å². The molecular weight excluding hydrogens is 354 g/mol. The molecule has 4 N–H and O–H groups in total. The number of aromatic nitrogens is 1. The summed E-state index contributed by atoms with van der Waals surface area (Å²) in [5, 5.41) is 3.42. The molecule has 3 aromatic rings. The van der Waals surface area contributed by atoms with Crippen LogP contribution in [0.1, 0.15) is 15.9 Å². The van der Waals surface area contributed by atoms with Crippen LogP contribution < -0.4 is 16.6 Å². The SMILES string of the molecule is Cc1cc(S(C)(=O)=O)cc2c(Nc3ccccc3)c(C(N)=O)c(=O)[nH]c12. The summed E-state index contributed by atoms with van der Waals surface area (Å²) in [7, 11) is -3.49. The van der Waals surface area contributed by atoms with Crippen LogP contribution in [0, 0.1) is 6.92 Å². The van der Waals surface area contributed by atoms with Crippen molar-refractivity contribution < 1.29 is 13.2 Å². The van der Waals surface area contributed by atoms with Gasteiger partial charge >= 0.3 is 0 Å². The van der Waals surface area contributed by atoms with Crippen molar-refractivity contribution in [2.75, 3.05) is 11.6 Å². The maximum absolute atomic E-state index is 12.4. The highest BCUT2D eigenvalue weighted by atomic mass is 32.2. The quantitative estimate of drug-likeness (QED) is 0.648. The molecule has 3 rings (SSSR count). The molecule has 0 unspecified atom stereocenters. The van der Waals surface area contributed by atoms with Crippen molar-refractivity contribution in [3.05, 3.63) is 63.9 Å². The number of rotatable bonds is 4. The second kappa shape index (κ2) is 6.30. The van der Waals surface area contributed by atoms with Crippen molar-refractivity contribution in [2.45, 2.75) is 11.8 Å². The van der Waals surface area contributed by atoms with Gasteiger partial charge in [-0.2, -0.15) is 0 Å². The Hall–Kier alpha value is -3.13. The van der Waals surface area contributed by atoms with E-state index in [2.05, 4.69) is 10.3 Å². The summed E-state index contributed by atoms with van der Waals surface area (Å²) in [5.74, 6) is -0.908. The third-order valence-corrected chi connectivity index (χ3v) is 5.10. The second-order valence-electron chi connectivity index (χ2n) is 5.99. The lowest BCUT2D eigenvalue weighted by atomic mass is 10.0. The van der Waals surface area contributed by atoms with E-state index in [1.54, 1.807) is 31.2 Å². The van der Waals surface area contributed by atoms with Crippen LogP contribution >= 0.6 is 0 Å². The largest absolute Gasteiger partial charge is 0.365 e. The normalized spacial score (nSPS) is 11.5. The Bertz CT molecular complexity index is 1180. The number of amides is 1. The van der Waals surface area contributed by atoms with E-state index in [1.165, 1.54) is 12.1 Å². The first-order valence-electron chi connectivity index (χ1n) is 7.71. The van der Waals surface area contributed by atoms with Crippen molar-refractivity contribution in [3.63, 3.8) is 0 Å². The number of carbonyl (C=O) groups excluding carboxylic acids is 1. The number of anilines is 2. The predicted octanol–water partition coefficient (Wildman–Crippen LogP) is 2.08.